The van der Waals surface area contributed by atoms with E-state index in [1.54, 1.807) is 0 Å². The van der Waals surface area contributed by atoms with E-state index in [1.165, 1.54) is 19.3 Å². The smallest absolute Gasteiger partial charge is 0.224 e. The van der Waals surface area contributed by atoms with Crippen LogP contribution >= 0.6 is 0 Å². The van der Waals surface area contributed by atoms with Gasteiger partial charge >= 0.3 is 0 Å². The summed E-state index contributed by atoms with van der Waals surface area (Å²) in [6.07, 6.45) is 5.66. The van der Waals surface area contributed by atoms with Crippen LogP contribution in [-0.2, 0) is 4.79 Å². The molecule has 0 saturated carbocycles. The minimum absolute atomic E-state index is 0.0105. The summed E-state index contributed by atoms with van der Waals surface area (Å²) in [6, 6.07) is 0. The summed E-state index contributed by atoms with van der Waals surface area (Å²) in [5, 5.41) is 3.03. The molecule has 3 N–H and O–H groups in total. The first kappa shape index (κ1) is 15.4. The zero-order valence-corrected chi connectivity index (χ0v) is 11.1. The first-order valence-electron chi connectivity index (χ1n) is 6.67. The average Bonchev–Trinajstić information content (AvgIpc) is 2.31. The summed E-state index contributed by atoms with van der Waals surface area (Å²) in [7, 11) is 0. The first-order chi connectivity index (χ1) is 7.69. The molecule has 0 saturated heterocycles. The zero-order valence-electron chi connectivity index (χ0n) is 11.1. The van der Waals surface area contributed by atoms with Gasteiger partial charge in [0.25, 0.3) is 0 Å². The van der Waals surface area contributed by atoms with E-state index in [1.807, 2.05) is 6.92 Å². The van der Waals surface area contributed by atoms with Crippen molar-refractivity contribution in [1.82, 2.24) is 5.32 Å². The lowest BCUT2D eigenvalue weighted by atomic mass is 9.98. The van der Waals surface area contributed by atoms with Gasteiger partial charge in [0.2, 0.25) is 5.91 Å². The topological polar surface area (TPSA) is 55.1 Å². The summed E-state index contributed by atoms with van der Waals surface area (Å²) >= 11 is 0. The molecule has 0 fully saturated rings. The Kier molecular flexibility index (Phi) is 9.30. The van der Waals surface area contributed by atoms with Crippen LogP contribution in [0, 0.1) is 11.8 Å². The maximum Gasteiger partial charge on any atom is 0.224 e. The number of rotatable bonds is 9. The lowest BCUT2D eigenvalue weighted by Crippen LogP contribution is -2.37. The Hall–Kier alpha value is -0.570. The second-order valence-corrected chi connectivity index (χ2v) is 4.50. The summed E-state index contributed by atoms with van der Waals surface area (Å²) in [5.41, 5.74) is 5.54. The van der Waals surface area contributed by atoms with Crippen LogP contribution in [-0.4, -0.2) is 19.0 Å². The summed E-state index contributed by atoms with van der Waals surface area (Å²) in [5.74, 6) is 0.739. The lowest BCUT2D eigenvalue weighted by molar-refractivity contribution is -0.125. The van der Waals surface area contributed by atoms with E-state index in [9.17, 15) is 4.79 Å². The Morgan fingerprint density at radius 3 is 2.38 bits per heavy atom. The monoisotopic (exact) mass is 228 g/mol. The quantitative estimate of drug-likeness (QED) is 0.636. The summed E-state index contributed by atoms with van der Waals surface area (Å²) in [6.45, 7) is 7.66. The molecule has 1 amide bonds. The molecule has 2 atom stereocenters. The highest BCUT2D eigenvalue weighted by atomic mass is 16.1. The Morgan fingerprint density at radius 1 is 1.25 bits per heavy atom. The largest absolute Gasteiger partial charge is 0.356 e. The molecule has 0 rings (SSSR count). The van der Waals surface area contributed by atoms with Crippen molar-refractivity contribution in [3.05, 3.63) is 0 Å². The minimum atomic E-state index is -0.0105. The van der Waals surface area contributed by atoms with Crippen molar-refractivity contribution in [2.24, 2.45) is 17.6 Å². The summed E-state index contributed by atoms with van der Waals surface area (Å²) < 4.78 is 0. The predicted octanol–water partition coefficient (Wildman–Crippen LogP) is 2.30. The fourth-order valence-electron chi connectivity index (χ4n) is 1.79. The Balaban J connectivity index is 3.86. The maximum absolute atomic E-state index is 11.7. The van der Waals surface area contributed by atoms with Gasteiger partial charge in [0.1, 0.15) is 0 Å². The van der Waals surface area contributed by atoms with Gasteiger partial charge in [-0.3, -0.25) is 4.79 Å². The number of unbranched alkanes of at least 4 members (excludes halogenated alkanes) is 1. The maximum atomic E-state index is 11.7. The normalized spacial score (nSPS) is 14.5. The van der Waals surface area contributed by atoms with Gasteiger partial charge in [-0.25, -0.2) is 0 Å². The highest BCUT2D eigenvalue weighted by Gasteiger charge is 2.15. The fourth-order valence-corrected chi connectivity index (χ4v) is 1.79. The number of nitrogens with two attached hydrogens (primary N) is 1. The average molecular weight is 228 g/mol. The lowest BCUT2D eigenvalue weighted by Gasteiger charge is -2.18. The molecule has 16 heavy (non-hydrogen) atoms. The van der Waals surface area contributed by atoms with Crippen molar-refractivity contribution in [3.63, 3.8) is 0 Å². The number of carbonyl (C=O) groups excluding carboxylic acids is 1. The summed E-state index contributed by atoms with van der Waals surface area (Å²) in [4.78, 5) is 11.7. The van der Waals surface area contributed by atoms with E-state index in [4.69, 9.17) is 5.73 Å². The molecule has 0 bridgehead atoms. The van der Waals surface area contributed by atoms with Gasteiger partial charge in [0.15, 0.2) is 0 Å². The number of carbonyl (C=O) groups is 1. The molecule has 0 aliphatic heterocycles. The number of nitrogens with one attached hydrogen (secondary N) is 1. The van der Waals surface area contributed by atoms with E-state index >= 15 is 0 Å². The number of hydrogen-bond acceptors (Lipinski definition) is 2. The van der Waals surface area contributed by atoms with Gasteiger partial charge in [-0.1, -0.05) is 40.0 Å². The number of amides is 1. The highest BCUT2D eigenvalue weighted by Crippen LogP contribution is 2.11. The van der Waals surface area contributed by atoms with Crippen LogP contribution in [0.2, 0.25) is 0 Å². The van der Waals surface area contributed by atoms with Crippen molar-refractivity contribution in [2.45, 2.75) is 52.9 Å². The van der Waals surface area contributed by atoms with Gasteiger partial charge in [-0.2, -0.15) is 0 Å². The number of hydrogen-bond donors (Lipinski definition) is 2. The first-order valence-corrected chi connectivity index (χ1v) is 6.67. The Morgan fingerprint density at radius 2 is 1.94 bits per heavy atom. The van der Waals surface area contributed by atoms with Crippen molar-refractivity contribution in [1.29, 1.82) is 0 Å². The van der Waals surface area contributed by atoms with Crippen molar-refractivity contribution in [3.8, 4) is 0 Å². The molecule has 0 radical (unpaired) electrons. The van der Waals surface area contributed by atoms with Crippen LogP contribution in [0.15, 0.2) is 0 Å². The Bertz CT molecular complexity index is 179. The standard InChI is InChI=1S/C13H28N2O/c1-4-7-8-11(5-2)10-15-13(16)12(6-3)9-14/h11-12H,4-10,14H2,1-3H3,(H,15,16). The second-order valence-electron chi connectivity index (χ2n) is 4.50. The van der Waals surface area contributed by atoms with Gasteiger partial charge in [0, 0.05) is 19.0 Å². The fraction of sp³-hybridized carbons (Fsp3) is 0.923. The molecule has 0 heterocycles. The molecule has 0 aromatic rings. The highest BCUT2D eigenvalue weighted by molar-refractivity contribution is 5.78. The molecule has 0 aromatic carbocycles. The van der Waals surface area contributed by atoms with Crippen molar-refractivity contribution >= 4 is 5.91 Å². The van der Waals surface area contributed by atoms with E-state index in [0.717, 1.165) is 19.4 Å². The van der Waals surface area contributed by atoms with E-state index in [2.05, 4.69) is 19.2 Å². The van der Waals surface area contributed by atoms with Crippen LogP contribution in [0.1, 0.15) is 52.9 Å². The third-order valence-corrected chi connectivity index (χ3v) is 3.26. The molecule has 0 aromatic heterocycles. The van der Waals surface area contributed by atoms with Gasteiger partial charge < -0.3 is 11.1 Å². The Labute approximate surface area is 100 Å². The molecular weight excluding hydrogens is 200 g/mol. The van der Waals surface area contributed by atoms with Crippen molar-refractivity contribution < 1.29 is 4.79 Å². The molecule has 2 unspecified atom stereocenters. The van der Waals surface area contributed by atoms with Gasteiger partial charge in [0.05, 0.1) is 0 Å². The zero-order chi connectivity index (χ0) is 12.4. The van der Waals surface area contributed by atoms with E-state index in [0.29, 0.717) is 12.5 Å². The van der Waals surface area contributed by atoms with Crippen LogP contribution in [0.25, 0.3) is 0 Å². The van der Waals surface area contributed by atoms with Crippen LogP contribution in [0.4, 0.5) is 0 Å². The van der Waals surface area contributed by atoms with Crippen LogP contribution in [0.5, 0.6) is 0 Å². The SMILES string of the molecule is CCCCC(CC)CNC(=O)C(CC)CN. The molecule has 0 spiro atoms. The van der Waals surface area contributed by atoms with E-state index in [-0.39, 0.29) is 11.8 Å². The third-order valence-electron chi connectivity index (χ3n) is 3.26. The van der Waals surface area contributed by atoms with E-state index < -0.39 is 0 Å². The molecule has 0 aliphatic carbocycles. The van der Waals surface area contributed by atoms with Gasteiger partial charge in [-0.15, -0.1) is 0 Å². The molecule has 3 heteroatoms. The van der Waals surface area contributed by atoms with Gasteiger partial charge in [-0.05, 0) is 18.8 Å². The minimum Gasteiger partial charge on any atom is -0.356 e. The predicted molar refractivity (Wildman–Crippen MR) is 69.2 cm³/mol. The van der Waals surface area contributed by atoms with Crippen molar-refractivity contribution in [2.75, 3.05) is 13.1 Å². The molecule has 3 nitrogen and oxygen atoms in total. The van der Waals surface area contributed by atoms with Crippen LogP contribution in [0.3, 0.4) is 0 Å². The molecule has 96 valence electrons. The third kappa shape index (κ3) is 6.11. The second kappa shape index (κ2) is 9.64. The molecule has 0 aliphatic rings. The van der Waals surface area contributed by atoms with Crippen LogP contribution < -0.4 is 11.1 Å². The molecular formula is C13H28N2O.